The first-order chi connectivity index (χ1) is 16.4. The van der Waals surface area contributed by atoms with Crippen molar-refractivity contribution in [3.63, 3.8) is 0 Å². The number of benzene rings is 1. The van der Waals surface area contributed by atoms with Crippen LogP contribution in [0, 0.1) is 13.8 Å². The van der Waals surface area contributed by atoms with Crippen molar-refractivity contribution in [2.45, 2.75) is 59.3 Å². The van der Waals surface area contributed by atoms with Crippen LogP contribution in [0.1, 0.15) is 53.0 Å². The molecule has 0 fully saturated rings. The number of esters is 1. The summed E-state index contributed by atoms with van der Waals surface area (Å²) >= 11 is 2.68. The molecule has 0 saturated heterocycles. The molecule has 1 aromatic carbocycles. The zero-order chi connectivity index (χ0) is 24.7. The summed E-state index contributed by atoms with van der Waals surface area (Å²) < 4.78 is 13.0. The largest absolute Gasteiger partial charge is 0.485 e. The van der Waals surface area contributed by atoms with Gasteiger partial charge in [0.1, 0.15) is 17.4 Å². The highest BCUT2D eigenvalue weighted by molar-refractivity contribution is 7.99. The number of nitrogens with one attached hydrogen (secondary N) is 1. The van der Waals surface area contributed by atoms with Crippen LogP contribution in [0.3, 0.4) is 0 Å². The Morgan fingerprint density at radius 1 is 1.15 bits per heavy atom. The lowest BCUT2D eigenvalue weighted by atomic mass is 10.1. The van der Waals surface area contributed by atoms with E-state index in [0.29, 0.717) is 28.1 Å². The Bertz CT molecular complexity index is 1160. The van der Waals surface area contributed by atoms with Crippen LogP contribution < -0.4 is 10.1 Å². The van der Waals surface area contributed by atoms with Gasteiger partial charge in [-0.2, -0.15) is 0 Å². The number of carbonyl (C=O) groups is 2. The highest BCUT2D eigenvalue weighted by Crippen LogP contribution is 2.30. The number of ether oxygens (including phenoxy) is 2. The quantitative estimate of drug-likeness (QED) is 0.290. The maximum absolute atomic E-state index is 12.6. The van der Waals surface area contributed by atoms with Gasteiger partial charge in [-0.1, -0.05) is 36.4 Å². The van der Waals surface area contributed by atoms with Crippen LogP contribution in [0.2, 0.25) is 0 Å². The van der Waals surface area contributed by atoms with Crippen molar-refractivity contribution < 1.29 is 19.1 Å². The van der Waals surface area contributed by atoms with Crippen molar-refractivity contribution in [1.29, 1.82) is 0 Å². The minimum absolute atomic E-state index is 0.137. The van der Waals surface area contributed by atoms with Gasteiger partial charge in [0, 0.05) is 11.4 Å². The van der Waals surface area contributed by atoms with Crippen LogP contribution in [-0.4, -0.2) is 39.0 Å². The van der Waals surface area contributed by atoms with Gasteiger partial charge in [-0.3, -0.25) is 4.79 Å². The molecule has 182 valence electrons. The number of thioether (sulfide) groups is 1. The summed E-state index contributed by atoms with van der Waals surface area (Å²) in [5.41, 5.74) is 2.64. The Kier molecular flexibility index (Phi) is 9.12. The molecule has 0 unspecified atom stereocenters. The maximum atomic E-state index is 12.6. The molecule has 10 heteroatoms. The SMILES string of the molecule is CCOC(=O)c1cc(CC)sc1NC(=O)CSc1nnc(COc2ccc(C)cc2C)n1CC. The summed E-state index contributed by atoms with van der Waals surface area (Å²) in [7, 11) is 0. The zero-order valence-electron chi connectivity index (χ0n) is 20.1. The van der Waals surface area contributed by atoms with Crippen LogP contribution in [0.5, 0.6) is 5.75 Å². The first-order valence-electron chi connectivity index (χ1n) is 11.2. The third-order valence-corrected chi connectivity index (χ3v) is 7.17. The van der Waals surface area contributed by atoms with Crippen molar-refractivity contribution >= 4 is 40.0 Å². The minimum atomic E-state index is -0.430. The number of amides is 1. The lowest BCUT2D eigenvalue weighted by Crippen LogP contribution is -2.16. The average Bonchev–Trinajstić information content (AvgIpc) is 3.40. The second kappa shape index (κ2) is 12.0. The van der Waals surface area contributed by atoms with Crippen LogP contribution in [0.25, 0.3) is 0 Å². The van der Waals surface area contributed by atoms with Gasteiger partial charge in [0.15, 0.2) is 11.0 Å². The number of aromatic nitrogens is 3. The smallest absolute Gasteiger partial charge is 0.341 e. The number of anilines is 1. The standard InChI is InChI=1S/C24H30N4O4S2/c1-6-17-12-18(23(30)31-8-3)22(34-17)25-21(29)14-33-24-27-26-20(28(24)7-2)13-32-19-10-9-15(4)11-16(19)5/h9-12H,6-8,13-14H2,1-5H3,(H,25,29). The molecule has 0 atom stereocenters. The fraction of sp³-hybridized carbons (Fsp3) is 0.417. The van der Waals surface area contributed by atoms with E-state index in [4.69, 9.17) is 9.47 Å². The van der Waals surface area contributed by atoms with E-state index >= 15 is 0 Å². The number of hydrogen-bond donors (Lipinski definition) is 1. The third kappa shape index (κ3) is 6.38. The fourth-order valence-electron chi connectivity index (χ4n) is 3.32. The summed E-state index contributed by atoms with van der Waals surface area (Å²) in [4.78, 5) is 25.9. The van der Waals surface area contributed by atoms with E-state index in [9.17, 15) is 9.59 Å². The van der Waals surface area contributed by atoms with E-state index in [1.807, 2.05) is 44.4 Å². The molecule has 1 amide bonds. The number of aryl methyl sites for hydroxylation is 3. The van der Waals surface area contributed by atoms with E-state index in [2.05, 4.69) is 21.6 Å². The Hall–Kier alpha value is -2.85. The molecule has 2 heterocycles. The molecule has 0 aliphatic carbocycles. The number of rotatable bonds is 11. The lowest BCUT2D eigenvalue weighted by Gasteiger charge is -2.11. The van der Waals surface area contributed by atoms with Crippen LogP contribution >= 0.6 is 23.1 Å². The predicted molar refractivity (Wildman–Crippen MR) is 135 cm³/mol. The van der Waals surface area contributed by atoms with Gasteiger partial charge in [0.2, 0.25) is 5.91 Å². The topological polar surface area (TPSA) is 95.3 Å². The number of carbonyl (C=O) groups excluding carboxylic acids is 2. The molecule has 3 rings (SSSR count). The molecule has 0 aliphatic rings. The first kappa shape index (κ1) is 25.8. The van der Waals surface area contributed by atoms with Crippen LogP contribution in [0.15, 0.2) is 29.4 Å². The summed E-state index contributed by atoms with van der Waals surface area (Å²) in [6.07, 6.45) is 0.772. The second-order valence-corrected chi connectivity index (χ2v) is 9.65. The van der Waals surface area contributed by atoms with E-state index in [1.54, 1.807) is 13.0 Å². The van der Waals surface area contributed by atoms with Crippen molar-refractivity contribution in [2.24, 2.45) is 0 Å². The average molecular weight is 503 g/mol. The molecule has 3 aromatic rings. The molecule has 0 radical (unpaired) electrons. The summed E-state index contributed by atoms with van der Waals surface area (Å²) in [6.45, 7) is 11.0. The van der Waals surface area contributed by atoms with Crippen molar-refractivity contribution in [3.8, 4) is 5.75 Å². The summed E-state index contributed by atoms with van der Waals surface area (Å²) in [6, 6.07) is 7.82. The molecule has 0 spiro atoms. The molecule has 0 bridgehead atoms. The summed E-state index contributed by atoms with van der Waals surface area (Å²) in [5, 5.41) is 12.5. The monoisotopic (exact) mass is 502 g/mol. The van der Waals surface area contributed by atoms with Gasteiger partial charge in [0.25, 0.3) is 0 Å². The van der Waals surface area contributed by atoms with E-state index in [0.717, 1.165) is 22.6 Å². The first-order valence-corrected chi connectivity index (χ1v) is 13.0. The van der Waals surface area contributed by atoms with Gasteiger partial charge in [0.05, 0.1) is 17.9 Å². The molecule has 0 aliphatic heterocycles. The predicted octanol–water partition coefficient (Wildman–Crippen LogP) is 5.03. The Morgan fingerprint density at radius 2 is 1.94 bits per heavy atom. The van der Waals surface area contributed by atoms with Crippen molar-refractivity contribution in [1.82, 2.24) is 14.8 Å². The molecule has 0 saturated carbocycles. The Morgan fingerprint density at radius 3 is 2.62 bits per heavy atom. The fourth-order valence-corrected chi connectivity index (χ4v) is 5.14. The molecule has 8 nitrogen and oxygen atoms in total. The molecule has 2 aromatic heterocycles. The van der Waals surface area contributed by atoms with E-state index in [1.165, 1.54) is 28.7 Å². The lowest BCUT2D eigenvalue weighted by molar-refractivity contribution is -0.113. The number of thiophene rings is 1. The van der Waals surface area contributed by atoms with Gasteiger partial charge >= 0.3 is 5.97 Å². The normalized spacial score (nSPS) is 10.9. The summed E-state index contributed by atoms with van der Waals surface area (Å²) in [5.74, 6) is 0.988. The Labute approximate surface area is 208 Å². The number of hydrogen-bond acceptors (Lipinski definition) is 8. The highest BCUT2D eigenvalue weighted by atomic mass is 32.2. The third-order valence-electron chi connectivity index (χ3n) is 5.01. The van der Waals surface area contributed by atoms with Crippen LogP contribution in [0.4, 0.5) is 5.00 Å². The van der Waals surface area contributed by atoms with E-state index < -0.39 is 5.97 Å². The Balaban J connectivity index is 1.62. The van der Waals surface area contributed by atoms with Gasteiger partial charge in [-0.25, -0.2) is 4.79 Å². The van der Waals surface area contributed by atoms with Gasteiger partial charge in [-0.05, 0) is 51.8 Å². The molecular weight excluding hydrogens is 472 g/mol. The van der Waals surface area contributed by atoms with Crippen molar-refractivity contribution in [2.75, 3.05) is 17.7 Å². The minimum Gasteiger partial charge on any atom is -0.485 e. The highest BCUT2D eigenvalue weighted by Gasteiger charge is 2.20. The van der Waals surface area contributed by atoms with Gasteiger partial charge in [-0.15, -0.1) is 21.5 Å². The molecule has 34 heavy (non-hydrogen) atoms. The van der Waals surface area contributed by atoms with E-state index in [-0.39, 0.29) is 24.9 Å². The zero-order valence-corrected chi connectivity index (χ0v) is 21.8. The van der Waals surface area contributed by atoms with Gasteiger partial charge < -0.3 is 19.4 Å². The maximum Gasteiger partial charge on any atom is 0.341 e. The van der Waals surface area contributed by atoms with Crippen LogP contribution in [-0.2, 0) is 29.1 Å². The molecule has 1 N–H and O–H groups in total. The second-order valence-electron chi connectivity index (χ2n) is 7.57. The van der Waals surface area contributed by atoms with Crippen molar-refractivity contribution in [3.05, 3.63) is 51.7 Å². The molecular formula is C24H30N4O4S2. The number of nitrogens with zero attached hydrogens (tertiary/aromatic N) is 3.